The molecular weight excluding hydrogens is 466 g/mol. The highest BCUT2D eigenvalue weighted by molar-refractivity contribution is 5.95. The van der Waals surface area contributed by atoms with Gasteiger partial charge in [-0.25, -0.2) is 4.98 Å². The fourth-order valence-electron chi connectivity index (χ4n) is 5.60. The van der Waals surface area contributed by atoms with Crippen LogP contribution >= 0.6 is 0 Å². The Morgan fingerprint density at radius 3 is 2.57 bits per heavy atom. The quantitative estimate of drug-likeness (QED) is 0.542. The number of carbonyl (C=O) groups is 2. The van der Waals surface area contributed by atoms with Crippen molar-refractivity contribution in [3.63, 3.8) is 0 Å². The van der Waals surface area contributed by atoms with E-state index in [-0.39, 0.29) is 17.9 Å². The van der Waals surface area contributed by atoms with Crippen molar-refractivity contribution in [1.29, 1.82) is 0 Å². The van der Waals surface area contributed by atoms with Crippen LogP contribution in [0.15, 0.2) is 67.1 Å². The molecule has 192 valence electrons. The van der Waals surface area contributed by atoms with Crippen LogP contribution in [0.25, 0.3) is 0 Å². The monoisotopic (exact) mass is 499 g/mol. The van der Waals surface area contributed by atoms with E-state index in [1.165, 1.54) is 0 Å². The van der Waals surface area contributed by atoms with E-state index in [1.54, 1.807) is 38.6 Å². The third-order valence-corrected chi connectivity index (χ3v) is 7.48. The maximum atomic E-state index is 13.8. The lowest BCUT2D eigenvalue weighted by molar-refractivity contribution is -0.116. The number of rotatable bonds is 4. The summed E-state index contributed by atoms with van der Waals surface area (Å²) in [6.45, 7) is 4.03. The van der Waals surface area contributed by atoms with Gasteiger partial charge in [0, 0.05) is 75.5 Å². The minimum atomic E-state index is -0.0802. The molecule has 8 nitrogen and oxygen atoms in total. The molecule has 2 unspecified atom stereocenters. The molecular formula is C29H33N5O3. The Kier molecular flexibility index (Phi) is 7.46. The molecule has 2 amide bonds. The van der Waals surface area contributed by atoms with E-state index in [0.717, 1.165) is 42.6 Å². The number of anilines is 1. The number of pyridine rings is 2. The van der Waals surface area contributed by atoms with Crippen LogP contribution in [0.2, 0.25) is 0 Å². The van der Waals surface area contributed by atoms with Crippen molar-refractivity contribution >= 4 is 17.5 Å². The summed E-state index contributed by atoms with van der Waals surface area (Å²) in [4.78, 5) is 41.5. The number of nitrogens with zero attached hydrogens (tertiary/aromatic N) is 5. The van der Waals surface area contributed by atoms with Crippen molar-refractivity contribution in [2.24, 2.45) is 0 Å². The van der Waals surface area contributed by atoms with Crippen LogP contribution in [0, 0.1) is 0 Å². The molecule has 0 radical (unpaired) electrons. The zero-order valence-electron chi connectivity index (χ0n) is 21.4. The summed E-state index contributed by atoms with van der Waals surface area (Å²) in [5.41, 5.74) is 3.50. The smallest absolute Gasteiger partial charge is 0.255 e. The topological polar surface area (TPSA) is 78.9 Å². The molecule has 8 heteroatoms. The van der Waals surface area contributed by atoms with Crippen molar-refractivity contribution in [3.05, 3.63) is 83.8 Å². The number of fused-ring (bicyclic) bond motifs is 3. The first-order valence-electron chi connectivity index (χ1n) is 12.8. The van der Waals surface area contributed by atoms with Gasteiger partial charge in [-0.15, -0.1) is 0 Å². The molecule has 0 spiro atoms. The predicted octanol–water partition coefficient (Wildman–Crippen LogP) is 3.92. The fourth-order valence-corrected chi connectivity index (χ4v) is 5.60. The van der Waals surface area contributed by atoms with Crippen LogP contribution in [0.1, 0.15) is 47.7 Å². The maximum Gasteiger partial charge on any atom is 0.255 e. The van der Waals surface area contributed by atoms with E-state index < -0.39 is 0 Å². The van der Waals surface area contributed by atoms with Crippen LogP contribution in [0.4, 0.5) is 5.69 Å². The van der Waals surface area contributed by atoms with E-state index in [1.807, 2.05) is 46.3 Å². The summed E-state index contributed by atoms with van der Waals surface area (Å²) in [5.74, 6) is 0.401. The number of para-hydroxylation sites is 1. The second-order valence-electron chi connectivity index (χ2n) is 9.78. The van der Waals surface area contributed by atoms with Gasteiger partial charge in [0.25, 0.3) is 5.91 Å². The summed E-state index contributed by atoms with van der Waals surface area (Å²) in [6, 6.07) is 16.0. The minimum Gasteiger partial charge on any atom is -0.481 e. The van der Waals surface area contributed by atoms with Crippen LogP contribution in [0.3, 0.4) is 0 Å². The molecule has 3 aromatic rings. The summed E-state index contributed by atoms with van der Waals surface area (Å²) in [5, 5.41) is 0. The number of amides is 2. The molecule has 2 aliphatic heterocycles. The molecule has 2 aromatic heterocycles. The van der Waals surface area contributed by atoms with Crippen molar-refractivity contribution < 1.29 is 14.3 Å². The second-order valence-corrected chi connectivity index (χ2v) is 9.78. The number of methoxy groups -OCH3 is 1. The Bertz CT molecular complexity index is 1230. The van der Waals surface area contributed by atoms with Gasteiger partial charge in [-0.05, 0) is 48.6 Å². The molecule has 37 heavy (non-hydrogen) atoms. The Morgan fingerprint density at radius 2 is 1.84 bits per heavy atom. The van der Waals surface area contributed by atoms with E-state index >= 15 is 0 Å². The van der Waals surface area contributed by atoms with Gasteiger partial charge < -0.3 is 14.5 Å². The van der Waals surface area contributed by atoms with Gasteiger partial charge >= 0.3 is 0 Å². The predicted molar refractivity (Wildman–Crippen MR) is 141 cm³/mol. The molecule has 1 aromatic carbocycles. The fraction of sp³-hybridized carbons (Fsp3) is 0.379. The summed E-state index contributed by atoms with van der Waals surface area (Å²) in [6.07, 6.45) is 8.18. The summed E-state index contributed by atoms with van der Waals surface area (Å²) >= 11 is 0. The van der Waals surface area contributed by atoms with Crippen molar-refractivity contribution in [3.8, 4) is 5.88 Å². The number of hydrogen-bond donors (Lipinski definition) is 0. The van der Waals surface area contributed by atoms with Gasteiger partial charge in [-0.2, -0.15) is 0 Å². The first-order valence-corrected chi connectivity index (χ1v) is 12.8. The van der Waals surface area contributed by atoms with E-state index in [9.17, 15) is 9.59 Å². The third kappa shape index (κ3) is 5.49. The zero-order chi connectivity index (χ0) is 25.8. The Morgan fingerprint density at radius 1 is 1.00 bits per heavy atom. The van der Waals surface area contributed by atoms with Crippen LogP contribution in [-0.2, 0) is 17.9 Å². The van der Waals surface area contributed by atoms with Crippen molar-refractivity contribution in [2.45, 2.75) is 51.4 Å². The zero-order valence-corrected chi connectivity index (χ0v) is 21.4. The number of benzene rings is 1. The van der Waals surface area contributed by atoms with Crippen LogP contribution in [0.5, 0.6) is 5.88 Å². The highest BCUT2D eigenvalue weighted by Crippen LogP contribution is 2.33. The molecule has 1 fully saturated rings. The number of ether oxygens (including phenoxy) is 1. The first-order chi connectivity index (χ1) is 18.0. The first kappa shape index (κ1) is 24.9. The number of carbonyl (C=O) groups excluding carboxylic acids is 2. The lowest BCUT2D eigenvalue weighted by Crippen LogP contribution is -2.45. The van der Waals surface area contributed by atoms with Crippen molar-refractivity contribution in [2.75, 3.05) is 25.1 Å². The lowest BCUT2D eigenvalue weighted by Gasteiger charge is -2.34. The maximum absolute atomic E-state index is 13.8. The van der Waals surface area contributed by atoms with Gasteiger partial charge in [0.05, 0.1) is 12.7 Å². The summed E-state index contributed by atoms with van der Waals surface area (Å²) in [7, 11) is 1.56. The lowest BCUT2D eigenvalue weighted by atomic mass is 10.1. The molecule has 5 rings (SSSR count). The minimum absolute atomic E-state index is 0.0114. The molecule has 0 aliphatic carbocycles. The van der Waals surface area contributed by atoms with E-state index in [0.29, 0.717) is 37.1 Å². The largest absolute Gasteiger partial charge is 0.481 e. The molecule has 1 saturated heterocycles. The SMILES string of the molecule is COc1ccc(C(=O)N2Cc3ccccc3N(C(C)=O)CCC3CCC(C2)N3Cc2cccnc2)cn1. The Labute approximate surface area is 217 Å². The van der Waals surface area contributed by atoms with Gasteiger partial charge in [0.2, 0.25) is 11.8 Å². The van der Waals surface area contributed by atoms with Gasteiger partial charge in [-0.3, -0.25) is 19.5 Å². The molecule has 2 aliphatic rings. The molecule has 0 N–H and O–H groups in total. The van der Waals surface area contributed by atoms with E-state index in [4.69, 9.17) is 4.74 Å². The third-order valence-electron chi connectivity index (χ3n) is 7.48. The number of aromatic nitrogens is 2. The van der Waals surface area contributed by atoms with Gasteiger partial charge in [-0.1, -0.05) is 24.3 Å². The Hall–Kier alpha value is -3.78. The van der Waals surface area contributed by atoms with Crippen LogP contribution < -0.4 is 9.64 Å². The van der Waals surface area contributed by atoms with Gasteiger partial charge in [0.1, 0.15) is 0 Å². The highest BCUT2D eigenvalue weighted by atomic mass is 16.5. The summed E-state index contributed by atoms with van der Waals surface area (Å²) < 4.78 is 5.18. The average Bonchev–Trinajstić information content (AvgIpc) is 3.28. The van der Waals surface area contributed by atoms with E-state index in [2.05, 4.69) is 20.9 Å². The standard InChI is InChI=1S/C29H33N5O3/c1-21(35)33-15-13-25-10-11-26(34(25)18-22-6-5-14-30-16-22)20-32(19-24-7-3-4-8-27(24)33)29(36)23-9-12-28(37-2)31-17-23/h3-9,12,14,16-17,25-26H,10-11,13,15,18-20H2,1-2H3. The molecule has 2 bridgehead atoms. The second kappa shape index (κ2) is 11.1. The highest BCUT2D eigenvalue weighted by Gasteiger charge is 2.37. The number of hydrogen-bond acceptors (Lipinski definition) is 6. The Balaban J connectivity index is 1.53. The van der Waals surface area contributed by atoms with Crippen LogP contribution in [-0.4, -0.2) is 63.9 Å². The van der Waals surface area contributed by atoms with Gasteiger partial charge in [0.15, 0.2) is 0 Å². The van der Waals surface area contributed by atoms with Crippen molar-refractivity contribution in [1.82, 2.24) is 19.8 Å². The molecule has 0 saturated carbocycles. The average molecular weight is 500 g/mol. The normalized spacial score (nSPS) is 20.2. The molecule has 2 atom stereocenters. The molecule has 4 heterocycles.